The number of nitrogens with one attached hydrogen (secondary N) is 2. The Morgan fingerprint density at radius 2 is 1.27 bits per heavy atom. The van der Waals surface area contributed by atoms with Crippen LogP contribution >= 0.6 is 0 Å². The zero-order valence-corrected chi connectivity index (χ0v) is 17.6. The van der Waals surface area contributed by atoms with Crippen molar-refractivity contribution < 1.29 is 8.42 Å². The van der Waals surface area contributed by atoms with E-state index in [0.29, 0.717) is 23.4 Å². The van der Waals surface area contributed by atoms with Crippen molar-refractivity contribution in [3.05, 3.63) is 89.5 Å². The number of hydrogen-bond donors (Lipinski definition) is 2. The Bertz CT molecular complexity index is 1290. The predicted octanol–water partition coefficient (Wildman–Crippen LogP) is 4.66. The van der Waals surface area contributed by atoms with Crippen molar-refractivity contribution in [2.24, 2.45) is 0 Å². The van der Waals surface area contributed by atoms with Crippen LogP contribution in [0.5, 0.6) is 0 Å². The Labute approximate surface area is 176 Å². The van der Waals surface area contributed by atoms with Crippen LogP contribution in [0.25, 0.3) is 11.0 Å². The first kappa shape index (κ1) is 19.8. The second kappa shape index (κ2) is 8.12. The summed E-state index contributed by atoms with van der Waals surface area (Å²) in [7, 11) is -3.80. The quantitative estimate of drug-likeness (QED) is 0.476. The Kier molecular flexibility index (Phi) is 5.37. The van der Waals surface area contributed by atoms with Crippen LogP contribution in [0.1, 0.15) is 16.7 Å². The molecule has 0 bridgehead atoms. The lowest BCUT2D eigenvalue weighted by molar-refractivity contribution is 0.601. The van der Waals surface area contributed by atoms with Crippen molar-refractivity contribution in [3.8, 4) is 0 Å². The molecule has 7 heteroatoms. The maximum atomic E-state index is 12.9. The van der Waals surface area contributed by atoms with Gasteiger partial charge in [-0.25, -0.2) is 18.4 Å². The van der Waals surface area contributed by atoms with E-state index in [1.807, 2.05) is 56.3 Å². The highest BCUT2D eigenvalue weighted by Gasteiger charge is 2.18. The van der Waals surface area contributed by atoms with E-state index in [1.165, 1.54) is 5.56 Å². The molecule has 4 rings (SSSR count). The summed E-state index contributed by atoms with van der Waals surface area (Å²) in [4.78, 5) is 9.29. The standard InChI is InChI=1S/C23H22N4O2S/c1-16-7-11-18(12-8-16)15-24-22-23(26-21-6-4-3-5-20(21)25-22)27-30(28,29)19-13-9-17(2)10-14-19/h3-14H,15H2,1-2H3,(H,24,25)(H,26,27). The van der Waals surface area contributed by atoms with E-state index in [0.717, 1.165) is 11.1 Å². The highest BCUT2D eigenvalue weighted by atomic mass is 32.2. The molecule has 152 valence electrons. The van der Waals surface area contributed by atoms with Crippen molar-refractivity contribution in [3.63, 3.8) is 0 Å². The zero-order valence-electron chi connectivity index (χ0n) is 16.8. The van der Waals surface area contributed by atoms with Crippen LogP contribution in [0.4, 0.5) is 11.6 Å². The maximum absolute atomic E-state index is 12.9. The third-order valence-electron chi connectivity index (χ3n) is 4.71. The number of benzene rings is 3. The average Bonchev–Trinajstić information content (AvgIpc) is 2.73. The van der Waals surface area contributed by atoms with E-state index in [-0.39, 0.29) is 10.7 Å². The van der Waals surface area contributed by atoms with E-state index in [2.05, 4.69) is 20.0 Å². The number of nitrogens with zero attached hydrogens (tertiary/aromatic N) is 2. The van der Waals surface area contributed by atoms with Gasteiger partial charge in [-0.2, -0.15) is 0 Å². The second-order valence-corrected chi connectivity index (χ2v) is 8.85. The van der Waals surface area contributed by atoms with Gasteiger partial charge in [-0.3, -0.25) is 4.72 Å². The molecular weight excluding hydrogens is 396 g/mol. The molecule has 0 unspecified atom stereocenters. The molecular formula is C23H22N4O2S. The average molecular weight is 419 g/mol. The fourth-order valence-electron chi connectivity index (χ4n) is 2.99. The fourth-order valence-corrected chi connectivity index (χ4v) is 4.00. The third kappa shape index (κ3) is 4.41. The Morgan fingerprint density at radius 1 is 0.733 bits per heavy atom. The lowest BCUT2D eigenvalue weighted by Crippen LogP contribution is -2.16. The van der Waals surface area contributed by atoms with E-state index in [1.54, 1.807) is 30.3 Å². The minimum Gasteiger partial charge on any atom is -0.363 e. The van der Waals surface area contributed by atoms with E-state index >= 15 is 0 Å². The summed E-state index contributed by atoms with van der Waals surface area (Å²) in [5.74, 6) is 0.548. The van der Waals surface area contributed by atoms with Crippen molar-refractivity contribution >= 4 is 32.7 Å². The molecule has 0 aliphatic rings. The molecule has 0 atom stereocenters. The Morgan fingerprint density at radius 3 is 1.87 bits per heavy atom. The summed E-state index contributed by atoms with van der Waals surface area (Å²) >= 11 is 0. The van der Waals surface area contributed by atoms with Crippen molar-refractivity contribution in [2.75, 3.05) is 10.0 Å². The van der Waals surface area contributed by atoms with Crippen LogP contribution in [0.2, 0.25) is 0 Å². The van der Waals surface area contributed by atoms with Gasteiger partial charge in [-0.1, -0.05) is 59.7 Å². The maximum Gasteiger partial charge on any atom is 0.263 e. The van der Waals surface area contributed by atoms with Crippen LogP contribution in [-0.4, -0.2) is 18.4 Å². The van der Waals surface area contributed by atoms with E-state index in [4.69, 9.17) is 0 Å². The third-order valence-corrected chi connectivity index (χ3v) is 6.07. The van der Waals surface area contributed by atoms with Gasteiger partial charge in [0.25, 0.3) is 10.0 Å². The number of sulfonamides is 1. The molecule has 3 aromatic carbocycles. The minimum absolute atomic E-state index is 0.168. The topological polar surface area (TPSA) is 84.0 Å². The molecule has 6 nitrogen and oxygen atoms in total. The number of fused-ring (bicyclic) bond motifs is 1. The van der Waals surface area contributed by atoms with Gasteiger partial charge in [-0.15, -0.1) is 0 Å². The van der Waals surface area contributed by atoms with Gasteiger partial charge in [0.15, 0.2) is 11.6 Å². The van der Waals surface area contributed by atoms with Crippen molar-refractivity contribution in [1.29, 1.82) is 0 Å². The van der Waals surface area contributed by atoms with Crippen molar-refractivity contribution in [2.45, 2.75) is 25.3 Å². The van der Waals surface area contributed by atoms with Gasteiger partial charge in [0.1, 0.15) is 0 Å². The molecule has 0 radical (unpaired) electrons. The second-order valence-electron chi connectivity index (χ2n) is 7.17. The molecule has 0 aliphatic carbocycles. The highest BCUT2D eigenvalue weighted by Crippen LogP contribution is 2.25. The largest absolute Gasteiger partial charge is 0.363 e. The summed E-state index contributed by atoms with van der Waals surface area (Å²) in [6, 6.07) is 22.1. The summed E-state index contributed by atoms with van der Waals surface area (Å²) in [6.45, 7) is 4.43. The van der Waals surface area contributed by atoms with Crippen molar-refractivity contribution in [1.82, 2.24) is 9.97 Å². The molecule has 1 aromatic heterocycles. The Balaban J connectivity index is 1.68. The van der Waals surface area contributed by atoms with Crippen LogP contribution < -0.4 is 10.0 Å². The summed E-state index contributed by atoms with van der Waals surface area (Å²) in [6.07, 6.45) is 0. The minimum atomic E-state index is -3.80. The lowest BCUT2D eigenvalue weighted by Gasteiger charge is -2.14. The molecule has 4 aromatic rings. The van der Waals surface area contributed by atoms with Crippen LogP contribution in [0.15, 0.2) is 77.7 Å². The smallest absolute Gasteiger partial charge is 0.263 e. The number of rotatable bonds is 6. The molecule has 0 aliphatic heterocycles. The Hall–Kier alpha value is -3.45. The van der Waals surface area contributed by atoms with E-state index < -0.39 is 10.0 Å². The highest BCUT2D eigenvalue weighted by molar-refractivity contribution is 7.92. The fraction of sp³-hybridized carbons (Fsp3) is 0.130. The number of anilines is 2. The molecule has 0 spiro atoms. The first-order chi connectivity index (χ1) is 14.4. The normalized spacial score (nSPS) is 11.4. The van der Waals surface area contributed by atoms with Gasteiger partial charge >= 0.3 is 0 Å². The van der Waals surface area contributed by atoms with Crippen LogP contribution in [-0.2, 0) is 16.6 Å². The summed E-state index contributed by atoms with van der Waals surface area (Å²) in [5, 5.41) is 3.22. The first-order valence-corrected chi connectivity index (χ1v) is 11.0. The molecule has 0 fully saturated rings. The zero-order chi connectivity index (χ0) is 21.1. The first-order valence-electron chi connectivity index (χ1n) is 9.56. The molecule has 0 saturated heterocycles. The van der Waals surface area contributed by atoms with Crippen LogP contribution in [0.3, 0.4) is 0 Å². The molecule has 0 saturated carbocycles. The van der Waals surface area contributed by atoms with Gasteiger partial charge in [-0.05, 0) is 43.7 Å². The summed E-state index contributed by atoms with van der Waals surface area (Å²) in [5.41, 5.74) is 4.51. The predicted molar refractivity (Wildman–Crippen MR) is 120 cm³/mol. The van der Waals surface area contributed by atoms with E-state index in [9.17, 15) is 8.42 Å². The van der Waals surface area contributed by atoms with Gasteiger partial charge < -0.3 is 5.32 Å². The number of aryl methyl sites for hydroxylation is 2. The van der Waals surface area contributed by atoms with Gasteiger partial charge in [0.05, 0.1) is 15.9 Å². The SMILES string of the molecule is Cc1ccc(CNc2nc3ccccc3nc2NS(=O)(=O)c2ccc(C)cc2)cc1. The lowest BCUT2D eigenvalue weighted by atomic mass is 10.1. The molecule has 1 heterocycles. The van der Waals surface area contributed by atoms with Gasteiger partial charge in [0.2, 0.25) is 0 Å². The number of hydrogen-bond acceptors (Lipinski definition) is 5. The summed E-state index contributed by atoms with van der Waals surface area (Å²) < 4.78 is 28.4. The molecule has 30 heavy (non-hydrogen) atoms. The molecule has 0 amide bonds. The molecule has 2 N–H and O–H groups in total. The number of aromatic nitrogens is 2. The monoisotopic (exact) mass is 418 g/mol. The van der Waals surface area contributed by atoms with Crippen LogP contribution in [0, 0.1) is 13.8 Å². The number of para-hydroxylation sites is 2. The van der Waals surface area contributed by atoms with Gasteiger partial charge in [0, 0.05) is 6.54 Å².